The van der Waals surface area contributed by atoms with Crippen LogP contribution in [0.15, 0.2) is 71.6 Å². The molecule has 0 unspecified atom stereocenters. The summed E-state index contributed by atoms with van der Waals surface area (Å²) in [6.07, 6.45) is 0. The van der Waals surface area contributed by atoms with E-state index in [9.17, 15) is 13.2 Å². The Morgan fingerprint density at radius 3 is 2.44 bits per heavy atom. The van der Waals surface area contributed by atoms with Crippen LogP contribution in [-0.2, 0) is 21.4 Å². The van der Waals surface area contributed by atoms with Crippen molar-refractivity contribution in [1.82, 2.24) is 19.1 Å². The van der Waals surface area contributed by atoms with E-state index in [0.717, 1.165) is 26.0 Å². The third kappa shape index (κ3) is 4.69. The molecular weight excluding hydrogens is 468 g/mol. The third-order valence-electron chi connectivity index (χ3n) is 6.19. The number of hydrogen-bond donors (Lipinski definition) is 0. The van der Waals surface area contributed by atoms with E-state index in [1.807, 2.05) is 59.5 Å². The molecule has 1 aliphatic heterocycles. The van der Waals surface area contributed by atoms with Crippen LogP contribution in [0.2, 0.25) is 0 Å². The number of benzene rings is 3. The average Bonchev–Trinajstić information content (AvgIpc) is 3.26. The highest BCUT2D eigenvalue weighted by Gasteiger charge is 2.29. The largest absolute Gasteiger partial charge is 0.338 e. The zero-order chi connectivity index (χ0) is 23.7. The number of thiazole rings is 1. The average molecular weight is 495 g/mol. The maximum atomic E-state index is 13.2. The van der Waals surface area contributed by atoms with Gasteiger partial charge in [-0.2, -0.15) is 4.31 Å². The molecule has 0 saturated carbocycles. The van der Waals surface area contributed by atoms with Gasteiger partial charge in [-0.15, -0.1) is 11.3 Å². The molecule has 1 aromatic heterocycles. The van der Waals surface area contributed by atoms with Gasteiger partial charge in [-0.25, -0.2) is 13.4 Å². The third-order valence-corrected chi connectivity index (χ3v) is 9.10. The molecule has 5 rings (SSSR count). The minimum Gasteiger partial charge on any atom is -0.338 e. The summed E-state index contributed by atoms with van der Waals surface area (Å²) in [5, 5.41) is 2.83. The minimum absolute atomic E-state index is 0.00472. The fourth-order valence-electron chi connectivity index (χ4n) is 4.20. The number of likely N-dealkylation sites (N-methyl/N-ethyl adjacent to an activating group) is 1. The first-order chi connectivity index (χ1) is 16.4. The van der Waals surface area contributed by atoms with Gasteiger partial charge in [0.05, 0.1) is 28.2 Å². The van der Waals surface area contributed by atoms with E-state index in [2.05, 4.69) is 4.98 Å². The summed E-state index contributed by atoms with van der Waals surface area (Å²) in [7, 11) is -1.78. The van der Waals surface area contributed by atoms with Crippen LogP contribution in [0.4, 0.5) is 0 Å². The van der Waals surface area contributed by atoms with Crippen molar-refractivity contribution in [2.24, 2.45) is 0 Å². The molecule has 1 fully saturated rings. The summed E-state index contributed by atoms with van der Waals surface area (Å²) < 4.78 is 29.0. The van der Waals surface area contributed by atoms with Crippen LogP contribution in [0.5, 0.6) is 0 Å². The Morgan fingerprint density at radius 1 is 0.971 bits per heavy atom. The predicted molar refractivity (Wildman–Crippen MR) is 135 cm³/mol. The van der Waals surface area contributed by atoms with Gasteiger partial charge in [0.25, 0.3) is 0 Å². The molecule has 0 bridgehead atoms. The van der Waals surface area contributed by atoms with Crippen molar-refractivity contribution in [2.45, 2.75) is 11.4 Å². The van der Waals surface area contributed by atoms with Gasteiger partial charge in [0.15, 0.2) is 0 Å². The highest BCUT2D eigenvalue weighted by molar-refractivity contribution is 7.89. The Bertz CT molecular complexity index is 1410. The molecule has 1 aliphatic rings. The second-order valence-electron chi connectivity index (χ2n) is 8.51. The second kappa shape index (κ2) is 9.42. The Kier molecular flexibility index (Phi) is 6.35. The zero-order valence-electron chi connectivity index (χ0n) is 18.9. The van der Waals surface area contributed by atoms with Crippen molar-refractivity contribution in [3.8, 4) is 0 Å². The van der Waals surface area contributed by atoms with E-state index in [-0.39, 0.29) is 12.5 Å². The number of carbonyl (C=O) groups excluding carboxylic acids is 1. The molecule has 0 spiro atoms. The first-order valence-electron chi connectivity index (χ1n) is 11.2. The van der Waals surface area contributed by atoms with Crippen LogP contribution < -0.4 is 0 Å². The molecule has 0 atom stereocenters. The van der Waals surface area contributed by atoms with Crippen molar-refractivity contribution in [1.29, 1.82) is 0 Å². The summed E-state index contributed by atoms with van der Waals surface area (Å²) in [4.78, 5) is 21.4. The molecule has 0 aliphatic carbocycles. The summed E-state index contributed by atoms with van der Waals surface area (Å²) in [5.74, 6) is 0.00472. The lowest BCUT2D eigenvalue weighted by Gasteiger charge is -2.34. The molecule has 1 amide bonds. The molecule has 7 nitrogen and oxygen atoms in total. The number of carbonyl (C=O) groups is 1. The number of rotatable bonds is 6. The SMILES string of the molecule is CN(Cc1nc2ccccc2s1)C(=O)CN1CCN(S(=O)(=O)c2ccc3ccccc3c2)CC1. The van der Waals surface area contributed by atoms with Gasteiger partial charge in [0, 0.05) is 33.2 Å². The predicted octanol–water partition coefficient (Wildman–Crippen LogP) is 3.41. The lowest BCUT2D eigenvalue weighted by molar-refractivity contribution is -0.131. The van der Waals surface area contributed by atoms with E-state index in [1.165, 1.54) is 4.31 Å². The lowest BCUT2D eigenvalue weighted by Crippen LogP contribution is -2.51. The van der Waals surface area contributed by atoms with E-state index < -0.39 is 10.0 Å². The molecule has 34 heavy (non-hydrogen) atoms. The minimum atomic E-state index is -3.57. The quantitative estimate of drug-likeness (QED) is 0.411. The first-order valence-corrected chi connectivity index (χ1v) is 13.5. The van der Waals surface area contributed by atoms with Crippen LogP contribution in [0, 0.1) is 0 Å². The van der Waals surface area contributed by atoms with Crippen LogP contribution in [-0.4, -0.2) is 73.2 Å². The lowest BCUT2D eigenvalue weighted by atomic mass is 10.1. The van der Waals surface area contributed by atoms with Crippen LogP contribution in [0.3, 0.4) is 0 Å². The first kappa shape index (κ1) is 22.9. The highest BCUT2D eigenvalue weighted by atomic mass is 32.2. The Labute approximate surface area is 203 Å². The number of fused-ring (bicyclic) bond motifs is 2. The summed E-state index contributed by atoms with van der Waals surface area (Å²) >= 11 is 1.60. The molecule has 176 valence electrons. The topological polar surface area (TPSA) is 73.8 Å². The molecule has 3 aromatic carbocycles. The summed E-state index contributed by atoms with van der Waals surface area (Å²) in [6, 6.07) is 20.9. The fourth-order valence-corrected chi connectivity index (χ4v) is 6.67. The van der Waals surface area contributed by atoms with Gasteiger partial charge < -0.3 is 4.90 Å². The number of aromatic nitrogens is 1. The summed E-state index contributed by atoms with van der Waals surface area (Å²) in [6.45, 7) is 2.51. The zero-order valence-corrected chi connectivity index (χ0v) is 20.6. The number of piperazine rings is 1. The molecule has 4 aromatic rings. The number of amides is 1. The van der Waals surface area contributed by atoms with E-state index in [1.54, 1.807) is 35.4 Å². The molecule has 0 radical (unpaired) electrons. The standard InChI is InChI=1S/C25H26N4O3S2/c1-27(17-24-26-22-8-4-5-9-23(22)33-24)25(30)18-28-12-14-29(15-13-28)34(31,32)21-11-10-19-6-2-3-7-20(19)16-21/h2-11,16H,12-15,17-18H2,1H3. The monoisotopic (exact) mass is 494 g/mol. The van der Waals surface area contributed by atoms with Crippen LogP contribution in [0.1, 0.15) is 5.01 Å². The van der Waals surface area contributed by atoms with Gasteiger partial charge in [0.2, 0.25) is 15.9 Å². The number of sulfonamides is 1. The van der Waals surface area contributed by atoms with E-state index >= 15 is 0 Å². The molecular formula is C25H26N4O3S2. The van der Waals surface area contributed by atoms with Crippen molar-refractivity contribution in [3.63, 3.8) is 0 Å². The van der Waals surface area contributed by atoms with Gasteiger partial charge in [-0.05, 0) is 35.0 Å². The van der Waals surface area contributed by atoms with Gasteiger partial charge in [-0.3, -0.25) is 9.69 Å². The van der Waals surface area contributed by atoms with Gasteiger partial charge in [-0.1, -0.05) is 42.5 Å². The normalized spacial score (nSPS) is 15.7. The highest BCUT2D eigenvalue weighted by Crippen LogP contribution is 2.24. The van der Waals surface area contributed by atoms with Crippen molar-refractivity contribution in [2.75, 3.05) is 39.8 Å². The molecule has 9 heteroatoms. The summed E-state index contributed by atoms with van der Waals surface area (Å²) in [5.41, 5.74) is 0.951. The van der Waals surface area contributed by atoms with Crippen molar-refractivity contribution in [3.05, 3.63) is 71.7 Å². The van der Waals surface area contributed by atoms with Gasteiger partial charge >= 0.3 is 0 Å². The molecule has 0 N–H and O–H groups in total. The molecule has 2 heterocycles. The fraction of sp³-hybridized carbons (Fsp3) is 0.280. The number of para-hydroxylation sites is 1. The van der Waals surface area contributed by atoms with Crippen LogP contribution >= 0.6 is 11.3 Å². The van der Waals surface area contributed by atoms with Crippen molar-refractivity contribution < 1.29 is 13.2 Å². The maximum absolute atomic E-state index is 13.2. The van der Waals surface area contributed by atoms with Crippen molar-refractivity contribution >= 4 is 48.3 Å². The Hall–Kier alpha value is -2.85. The van der Waals surface area contributed by atoms with Gasteiger partial charge in [0.1, 0.15) is 5.01 Å². The van der Waals surface area contributed by atoms with E-state index in [4.69, 9.17) is 0 Å². The number of hydrogen-bond acceptors (Lipinski definition) is 6. The second-order valence-corrected chi connectivity index (χ2v) is 11.6. The van der Waals surface area contributed by atoms with E-state index in [0.29, 0.717) is 37.6 Å². The maximum Gasteiger partial charge on any atom is 0.243 e. The Morgan fingerprint density at radius 2 is 1.68 bits per heavy atom. The Balaban J connectivity index is 1.17. The smallest absolute Gasteiger partial charge is 0.243 e. The number of nitrogens with zero attached hydrogens (tertiary/aromatic N) is 4. The molecule has 1 saturated heterocycles. The van der Waals surface area contributed by atoms with Crippen LogP contribution in [0.25, 0.3) is 21.0 Å².